The molecule has 4 rings (SSSR count). The largest absolute Gasteiger partial charge is 0.481 e. The second-order valence-corrected chi connectivity index (χ2v) is 8.07. The average Bonchev–Trinajstić information content (AvgIpc) is 3.19. The number of amides is 1. The van der Waals surface area contributed by atoms with E-state index in [2.05, 4.69) is 22.4 Å². The van der Waals surface area contributed by atoms with Gasteiger partial charge in [0.15, 0.2) is 6.61 Å². The summed E-state index contributed by atoms with van der Waals surface area (Å²) >= 11 is 0. The monoisotopic (exact) mass is 408 g/mol. The second-order valence-electron chi connectivity index (χ2n) is 8.07. The van der Waals surface area contributed by atoms with E-state index in [-0.39, 0.29) is 25.2 Å². The minimum Gasteiger partial charge on any atom is -0.481 e. The van der Waals surface area contributed by atoms with Gasteiger partial charge in [0.25, 0.3) is 5.91 Å². The van der Waals surface area contributed by atoms with Crippen LogP contribution < -0.4 is 10.1 Å². The van der Waals surface area contributed by atoms with Crippen LogP contribution in [-0.4, -0.2) is 45.3 Å². The van der Waals surface area contributed by atoms with Crippen molar-refractivity contribution in [2.24, 2.45) is 5.92 Å². The lowest BCUT2D eigenvalue weighted by Gasteiger charge is -2.26. The third kappa shape index (κ3) is 4.79. The second kappa shape index (κ2) is 9.26. The summed E-state index contributed by atoms with van der Waals surface area (Å²) in [7, 11) is 0. The van der Waals surface area contributed by atoms with E-state index in [0.717, 1.165) is 48.2 Å². The smallest absolute Gasteiger partial charge is 0.258 e. The highest BCUT2D eigenvalue weighted by molar-refractivity contribution is 5.78. The molecule has 1 heterocycles. The zero-order valence-electron chi connectivity index (χ0n) is 17.3. The van der Waals surface area contributed by atoms with Crippen molar-refractivity contribution in [3.05, 3.63) is 48.0 Å². The van der Waals surface area contributed by atoms with Crippen LogP contribution in [0.25, 0.3) is 16.7 Å². The van der Waals surface area contributed by atoms with Crippen LogP contribution in [0, 0.1) is 5.92 Å². The maximum Gasteiger partial charge on any atom is 0.258 e. The van der Waals surface area contributed by atoms with Crippen LogP contribution in [0.4, 0.5) is 0 Å². The summed E-state index contributed by atoms with van der Waals surface area (Å²) in [6, 6.07) is 13.5. The predicted octanol–water partition coefficient (Wildman–Crippen LogP) is 3.03. The average molecular weight is 409 g/mol. The van der Waals surface area contributed by atoms with Gasteiger partial charge >= 0.3 is 0 Å². The number of carbonyl (C=O) groups excluding carboxylic acids is 1. The van der Waals surface area contributed by atoms with Crippen LogP contribution in [0.15, 0.2) is 42.5 Å². The zero-order chi connectivity index (χ0) is 20.9. The number of rotatable bonds is 7. The first-order chi connectivity index (χ1) is 14.6. The first kappa shape index (κ1) is 20.3. The third-order valence-electron chi connectivity index (χ3n) is 5.67. The van der Waals surface area contributed by atoms with Gasteiger partial charge in [-0.25, -0.2) is 0 Å². The Morgan fingerprint density at radius 2 is 1.83 bits per heavy atom. The van der Waals surface area contributed by atoms with E-state index >= 15 is 0 Å². The van der Waals surface area contributed by atoms with Gasteiger partial charge in [0.2, 0.25) is 0 Å². The molecule has 2 N–H and O–H groups in total. The molecule has 0 unspecified atom stereocenters. The Morgan fingerprint density at radius 3 is 2.50 bits per heavy atom. The minimum atomic E-state index is -0.112. The highest BCUT2D eigenvalue weighted by Crippen LogP contribution is 2.26. The zero-order valence-corrected chi connectivity index (χ0v) is 17.3. The van der Waals surface area contributed by atoms with Crippen molar-refractivity contribution in [3.63, 3.8) is 0 Å². The van der Waals surface area contributed by atoms with Crippen molar-refractivity contribution < 1.29 is 14.6 Å². The Balaban J connectivity index is 1.50. The molecule has 158 valence electrons. The molecular formula is C23H28N4O3. The molecule has 0 spiro atoms. The molecule has 0 atom stereocenters. The fraction of sp³-hybridized carbons (Fsp3) is 0.435. The van der Waals surface area contributed by atoms with Crippen molar-refractivity contribution in [1.82, 2.24) is 20.3 Å². The summed E-state index contributed by atoms with van der Waals surface area (Å²) in [5, 5.41) is 21.4. The van der Waals surface area contributed by atoms with Crippen LogP contribution in [0.5, 0.6) is 5.75 Å². The van der Waals surface area contributed by atoms with E-state index in [1.807, 2.05) is 42.5 Å². The van der Waals surface area contributed by atoms with Gasteiger partial charge in [0, 0.05) is 12.6 Å². The van der Waals surface area contributed by atoms with E-state index in [9.17, 15) is 9.90 Å². The lowest BCUT2D eigenvalue weighted by molar-refractivity contribution is -0.124. The Kier molecular flexibility index (Phi) is 6.28. The quantitative estimate of drug-likeness (QED) is 0.627. The first-order valence-electron chi connectivity index (χ1n) is 10.6. The molecule has 0 saturated heterocycles. The molecule has 7 heteroatoms. The SMILES string of the molecule is CC1CCC(NC(=O)COc2ccc(CCO)cc2-n2nc3ccccc3n2)CC1. The van der Waals surface area contributed by atoms with Gasteiger partial charge in [-0.3, -0.25) is 4.79 Å². The van der Waals surface area contributed by atoms with Crippen LogP contribution in [-0.2, 0) is 11.2 Å². The van der Waals surface area contributed by atoms with Crippen LogP contribution in [0.1, 0.15) is 38.2 Å². The lowest BCUT2D eigenvalue weighted by Crippen LogP contribution is -2.39. The van der Waals surface area contributed by atoms with Gasteiger partial charge in [0.05, 0.1) is 0 Å². The number of nitrogens with zero attached hydrogens (tertiary/aromatic N) is 3. The number of aliphatic hydroxyl groups excluding tert-OH is 1. The number of hydrogen-bond donors (Lipinski definition) is 2. The highest BCUT2D eigenvalue weighted by atomic mass is 16.5. The van der Waals surface area contributed by atoms with Crippen LogP contribution >= 0.6 is 0 Å². The van der Waals surface area contributed by atoms with E-state index in [4.69, 9.17) is 4.74 Å². The van der Waals surface area contributed by atoms with Gasteiger partial charge < -0.3 is 15.2 Å². The number of nitrogens with one attached hydrogen (secondary N) is 1. The summed E-state index contributed by atoms with van der Waals surface area (Å²) in [6.07, 6.45) is 4.88. The summed E-state index contributed by atoms with van der Waals surface area (Å²) in [5.74, 6) is 1.16. The predicted molar refractivity (Wildman–Crippen MR) is 115 cm³/mol. The van der Waals surface area contributed by atoms with Gasteiger partial charge in [-0.1, -0.05) is 25.1 Å². The number of benzene rings is 2. The van der Waals surface area contributed by atoms with Crippen molar-refractivity contribution in [2.75, 3.05) is 13.2 Å². The Bertz CT molecular complexity index is 976. The van der Waals surface area contributed by atoms with Crippen molar-refractivity contribution in [3.8, 4) is 11.4 Å². The minimum absolute atomic E-state index is 0.0521. The van der Waals surface area contributed by atoms with Gasteiger partial charge in [-0.2, -0.15) is 0 Å². The highest BCUT2D eigenvalue weighted by Gasteiger charge is 2.20. The maximum absolute atomic E-state index is 12.4. The molecule has 30 heavy (non-hydrogen) atoms. The summed E-state index contributed by atoms with van der Waals surface area (Å²) < 4.78 is 5.87. The van der Waals surface area contributed by atoms with Gasteiger partial charge in [-0.15, -0.1) is 15.0 Å². The maximum atomic E-state index is 12.4. The molecule has 2 aromatic carbocycles. The summed E-state index contributed by atoms with van der Waals surface area (Å²) in [4.78, 5) is 13.9. The van der Waals surface area contributed by atoms with E-state index in [0.29, 0.717) is 17.9 Å². The fourth-order valence-corrected chi connectivity index (χ4v) is 3.91. The number of aromatic nitrogens is 3. The van der Waals surface area contributed by atoms with Crippen molar-refractivity contribution >= 4 is 16.9 Å². The normalized spacial score (nSPS) is 19.0. The number of hydrogen-bond acceptors (Lipinski definition) is 5. The summed E-state index contributed by atoms with van der Waals surface area (Å²) in [6.45, 7) is 2.26. The number of aliphatic hydroxyl groups is 1. The van der Waals surface area contributed by atoms with Crippen molar-refractivity contribution in [1.29, 1.82) is 0 Å². The lowest BCUT2D eigenvalue weighted by atomic mass is 9.87. The molecular weight excluding hydrogens is 380 g/mol. The first-order valence-corrected chi connectivity index (χ1v) is 10.6. The molecule has 0 aliphatic heterocycles. The number of carbonyl (C=O) groups is 1. The Hall–Kier alpha value is -2.93. The number of fused-ring (bicyclic) bond motifs is 1. The van der Waals surface area contributed by atoms with Crippen LogP contribution in [0.2, 0.25) is 0 Å². The molecule has 1 aromatic heterocycles. The Labute approximate surface area is 176 Å². The topological polar surface area (TPSA) is 89.3 Å². The summed E-state index contributed by atoms with van der Waals surface area (Å²) in [5.41, 5.74) is 3.15. The molecule has 1 amide bonds. The van der Waals surface area contributed by atoms with E-state index in [1.54, 1.807) is 0 Å². The van der Waals surface area contributed by atoms with Crippen molar-refractivity contribution in [2.45, 2.75) is 45.1 Å². The third-order valence-corrected chi connectivity index (χ3v) is 5.67. The molecule has 1 aliphatic carbocycles. The molecule has 1 fully saturated rings. The van der Waals surface area contributed by atoms with E-state index in [1.165, 1.54) is 4.80 Å². The molecule has 0 radical (unpaired) electrons. The standard InChI is InChI=1S/C23H28N4O3/c1-16-6-9-18(10-7-16)24-23(29)15-30-22-11-8-17(12-13-28)14-21(22)27-25-19-4-2-3-5-20(19)26-27/h2-5,8,11,14,16,18,28H,6-7,9-10,12-13,15H2,1H3,(H,24,29). The fourth-order valence-electron chi connectivity index (χ4n) is 3.91. The van der Waals surface area contributed by atoms with Gasteiger partial charge in [-0.05, 0) is 67.9 Å². The van der Waals surface area contributed by atoms with E-state index < -0.39 is 0 Å². The number of ether oxygens (including phenoxy) is 1. The van der Waals surface area contributed by atoms with Crippen LogP contribution in [0.3, 0.4) is 0 Å². The molecule has 3 aromatic rings. The molecule has 1 saturated carbocycles. The molecule has 0 bridgehead atoms. The Morgan fingerprint density at radius 1 is 1.13 bits per heavy atom. The van der Waals surface area contributed by atoms with Gasteiger partial charge in [0.1, 0.15) is 22.5 Å². The molecule has 1 aliphatic rings. The molecule has 7 nitrogen and oxygen atoms in total.